The van der Waals surface area contributed by atoms with Gasteiger partial charge in [0.2, 0.25) is 11.8 Å². The molecule has 1 aliphatic carbocycles. The Hall–Kier alpha value is -3.23. The Morgan fingerprint density at radius 2 is 1.57 bits per heavy atom. The zero-order chi connectivity index (χ0) is 26.6. The van der Waals surface area contributed by atoms with E-state index in [1.54, 1.807) is 26.2 Å². The summed E-state index contributed by atoms with van der Waals surface area (Å²) in [4.78, 5) is 40.2. The molecular weight excluding hydrogens is 470 g/mol. The first-order valence-corrected chi connectivity index (χ1v) is 12.9. The molecule has 0 aromatic heterocycles. The van der Waals surface area contributed by atoms with Crippen LogP contribution in [0.3, 0.4) is 0 Å². The molecule has 1 heterocycles. The van der Waals surface area contributed by atoms with Crippen LogP contribution in [0.25, 0.3) is 0 Å². The molecule has 8 heteroatoms. The standard InChI is InChI=1S/C29H37N3O5/c1-28(13-14-28)25(33)22(17-19-7-5-4-6-8-19)31-26(34)23(18-20-9-11-21(37-3)12-10-20)32-27(35)24-29(2,36)15-16-30-24/h4-12,22-24,30,36H,13-18H2,1-3H3,(H,31,34)(H,32,35)/t22-,23-,24+,29-/m0/s1. The van der Waals surface area contributed by atoms with Crippen molar-refractivity contribution in [1.29, 1.82) is 0 Å². The van der Waals surface area contributed by atoms with Gasteiger partial charge in [-0.3, -0.25) is 14.4 Å². The lowest BCUT2D eigenvalue weighted by Gasteiger charge is -2.28. The first kappa shape index (κ1) is 26.8. The predicted molar refractivity (Wildman–Crippen MR) is 140 cm³/mol. The minimum Gasteiger partial charge on any atom is -0.497 e. The maximum absolute atomic E-state index is 13.6. The molecule has 4 N–H and O–H groups in total. The lowest BCUT2D eigenvalue weighted by Crippen LogP contribution is -2.59. The van der Waals surface area contributed by atoms with Gasteiger partial charge in [0, 0.05) is 11.8 Å². The Balaban J connectivity index is 1.55. The van der Waals surface area contributed by atoms with Crippen molar-refractivity contribution in [2.24, 2.45) is 5.41 Å². The van der Waals surface area contributed by atoms with Crippen molar-refractivity contribution in [2.75, 3.05) is 13.7 Å². The number of nitrogens with one attached hydrogen (secondary N) is 3. The number of carbonyl (C=O) groups excluding carboxylic acids is 3. The molecule has 2 aromatic rings. The van der Waals surface area contributed by atoms with Crippen LogP contribution in [0.1, 0.15) is 44.2 Å². The molecule has 2 aliphatic rings. The molecule has 37 heavy (non-hydrogen) atoms. The van der Waals surface area contributed by atoms with Crippen LogP contribution in [0.5, 0.6) is 5.75 Å². The third kappa shape index (κ3) is 6.56. The van der Waals surface area contributed by atoms with Crippen LogP contribution in [0.4, 0.5) is 0 Å². The average Bonchev–Trinajstić information content (AvgIpc) is 3.54. The highest BCUT2D eigenvalue weighted by molar-refractivity contribution is 5.97. The van der Waals surface area contributed by atoms with Gasteiger partial charge < -0.3 is 25.8 Å². The number of carbonyl (C=O) groups is 3. The summed E-state index contributed by atoms with van der Waals surface area (Å²) in [6.45, 7) is 4.05. The van der Waals surface area contributed by atoms with Crippen LogP contribution >= 0.6 is 0 Å². The van der Waals surface area contributed by atoms with Crippen LogP contribution in [0, 0.1) is 5.41 Å². The zero-order valence-electron chi connectivity index (χ0n) is 21.8. The smallest absolute Gasteiger partial charge is 0.243 e. The number of aliphatic hydroxyl groups is 1. The lowest BCUT2D eigenvalue weighted by molar-refractivity contribution is -0.134. The molecule has 1 aliphatic heterocycles. The number of hydrogen-bond donors (Lipinski definition) is 4. The van der Waals surface area contributed by atoms with Crippen molar-refractivity contribution in [3.63, 3.8) is 0 Å². The molecule has 1 saturated carbocycles. The maximum atomic E-state index is 13.6. The molecule has 2 aromatic carbocycles. The molecule has 198 valence electrons. The fraction of sp³-hybridized carbons (Fsp3) is 0.483. The number of amides is 2. The van der Waals surface area contributed by atoms with E-state index in [0.717, 1.165) is 24.0 Å². The monoisotopic (exact) mass is 507 g/mol. The molecule has 4 atom stereocenters. The number of Topliss-reactive ketones (excluding diaryl/α,β-unsaturated/α-hetero) is 1. The Morgan fingerprint density at radius 3 is 2.14 bits per heavy atom. The summed E-state index contributed by atoms with van der Waals surface area (Å²) in [5.41, 5.74) is 0.144. The second kappa shape index (κ2) is 11.0. The van der Waals surface area contributed by atoms with Gasteiger partial charge in [-0.25, -0.2) is 0 Å². The first-order valence-electron chi connectivity index (χ1n) is 12.9. The molecule has 8 nitrogen and oxygen atoms in total. The molecule has 0 spiro atoms. The SMILES string of the molecule is COc1ccc(C[C@H](NC(=O)[C@H]2NCC[C@]2(C)O)C(=O)N[C@@H](Cc2ccccc2)C(=O)C2(C)CC2)cc1. The Kier molecular flexibility index (Phi) is 7.99. The normalized spacial score (nSPS) is 23.5. The topological polar surface area (TPSA) is 117 Å². The van der Waals surface area contributed by atoms with Gasteiger partial charge in [-0.2, -0.15) is 0 Å². The highest BCUT2D eigenvalue weighted by atomic mass is 16.5. The summed E-state index contributed by atoms with van der Waals surface area (Å²) in [7, 11) is 1.58. The van der Waals surface area contributed by atoms with Gasteiger partial charge >= 0.3 is 0 Å². The van der Waals surface area contributed by atoms with Crippen LogP contribution in [-0.2, 0) is 27.2 Å². The molecular formula is C29H37N3O5. The van der Waals surface area contributed by atoms with Crippen molar-refractivity contribution >= 4 is 17.6 Å². The summed E-state index contributed by atoms with van der Waals surface area (Å²) in [5.74, 6) is -0.178. The quantitative estimate of drug-likeness (QED) is 0.369. The molecule has 4 rings (SSSR count). The molecule has 0 bridgehead atoms. The van der Waals surface area contributed by atoms with Crippen LogP contribution < -0.4 is 20.7 Å². The van der Waals surface area contributed by atoms with Crippen LogP contribution in [0.15, 0.2) is 54.6 Å². The van der Waals surface area contributed by atoms with Crippen LogP contribution in [0.2, 0.25) is 0 Å². The van der Waals surface area contributed by atoms with Crippen molar-refractivity contribution in [3.8, 4) is 5.75 Å². The molecule has 2 amide bonds. The number of ether oxygens (including phenoxy) is 1. The molecule has 1 saturated heterocycles. The average molecular weight is 508 g/mol. The summed E-state index contributed by atoms with van der Waals surface area (Å²) < 4.78 is 5.23. The van der Waals surface area contributed by atoms with E-state index in [4.69, 9.17) is 4.74 Å². The van der Waals surface area contributed by atoms with E-state index >= 15 is 0 Å². The summed E-state index contributed by atoms with van der Waals surface area (Å²) in [6, 6.07) is 14.4. The van der Waals surface area contributed by atoms with Gasteiger partial charge in [-0.15, -0.1) is 0 Å². The van der Waals surface area contributed by atoms with Gasteiger partial charge in [0.15, 0.2) is 5.78 Å². The van der Waals surface area contributed by atoms with Gasteiger partial charge in [0.05, 0.1) is 18.8 Å². The van der Waals surface area contributed by atoms with E-state index in [0.29, 0.717) is 25.1 Å². The number of hydrogen-bond acceptors (Lipinski definition) is 6. The van der Waals surface area contributed by atoms with Gasteiger partial charge in [0.25, 0.3) is 0 Å². The maximum Gasteiger partial charge on any atom is 0.243 e. The highest BCUT2D eigenvalue weighted by Gasteiger charge is 2.48. The number of rotatable bonds is 11. The largest absolute Gasteiger partial charge is 0.497 e. The molecule has 0 unspecified atom stereocenters. The van der Waals surface area contributed by atoms with E-state index in [9.17, 15) is 19.5 Å². The van der Waals surface area contributed by atoms with Gasteiger partial charge in [-0.05, 0) is 62.4 Å². The van der Waals surface area contributed by atoms with Gasteiger partial charge in [0.1, 0.15) is 17.8 Å². The summed E-state index contributed by atoms with van der Waals surface area (Å²) in [5, 5.41) is 19.4. The van der Waals surface area contributed by atoms with Crippen LogP contribution in [-0.4, -0.2) is 60.1 Å². The lowest BCUT2D eigenvalue weighted by atomic mass is 9.92. The van der Waals surface area contributed by atoms with Crippen molar-refractivity contribution in [3.05, 3.63) is 65.7 Å². The Bertz CT molecular complexity index is 1110. The Labute approximate surface area is 218 Å². The summed E-state index contributed by atoms with van der Waals surface area (Å²) in [6.07, 6.45) is 2.65. The number of methoxy groups -OCH3 is 1. The van der Waals surface area contributed by atoms with Gasteiger partial charge in [-0.1, -0.05) is 49.4 Å². The van der Waals surface area contributed by atoms with E-state index in [-0.39, 0.29) is 12.2 Å². The number of ketones is 1. The second-order valence-electron chi connectivity index (χ2n) is 10.8. The summed E-state index contributed by atoms with van der Waals surface area (Å²) >= 11 is 0. The third-order valence-corrected chi connectivity index (χ3v) is 7.61. The fourth-order valence-electron chi connectivity index (χ4n) is 4.86. The zero-order valence-corrected chi connectivity index (χ0v) is 21.8. The highest BCUT2D eigenvalue weighted by Crippen LogP contribution is 2.46. The number of benzene rings is 2. The minimum atomic E-state index is -1.21. The fourth-order valence-corrected chi connectivity index (χ4v) is 4.86. The Morgan fingerprint density at radius 1 is 0.946 bits per heavy atom. The van der Waals surface area contributed by atoms with Crippen molar-refractivity contribution in [1.82, 2.24) is 16.0 Å². The molecule has 2 fully saturated rings. The minimum absolute atomic E-state index is 0.0135. The van der Waals surface area contributed by atoms with E-state index < -0.39 is 41.0 Å². The van der Waals surface area contributed by atoms with E-state index in [1.807, 2.05) is 49.4 Å². The van der Waals surface area contributed by atoms with E-state index in [2.05, 4.69) is 16.0 Å². The second-order valence-corrected chi connectivity index (χ2v) is 10.8. The van der Waals surface area contributed by atoms with Crippen molar-refractivity contribution in [2.45, 2.75) is 69.7 Å². The third-order valence-electron chi connectivity index (χ3n) is 7.61. The van der Waals surface area contributed by atoms with Crippen molar-refractivity contribution < 1.29 is 24.2 Å². The first-order chi connectivity index (χ1) is 17.6. The predicted octanol–water partition coefficient (Wildman–Crippen LogP) is 1.93. The molecule has 0 radical (unpaired) electrons. The van der Waals surface area contributed by atoms with E-state index in [1.165, 1.54) is 0 Å².